The maximum absolute atomic E-state index is 6.61. The van der Waals surface area contributed by atoms with Crippen LogP contribution in [0, 0.1) is 0 Å². The zero-order valence-electron chi connectivity index (χ0n) is 4.39. The van der Waals surface area contributed by atoms with Crippen LogP contribution >= 0.6 is 0 Å². The third-order valence-corrected chi connectivity index (χ3v) is 0.289. The van der Waals surface area contributed by atoms with Crippen molar-refractivity contribution in [3.63, 3.8) is 0 Å². The summed E-state index contributed by atoms with van der Waals surface area (Å²) in [6.45, 7) is -0.688. The van der Waals surface area contributed by atoms with E-state index < -0.39 is 14.1 Å². The van der Waals surface area contributed by atoms with Gasteiger partial charge in [0.2, 0.25) is 6.87 Å². The van der Waals surface area contributed by atoms with Crippen molar-refractivity contribution < 1.29 is 0 Å². The molecule has 0 unspecified atom stereocenters. The first kappa shape index (κ1) is 4.34. The van der Waals surface area contributed by atoms with E-state index in [9.17, 15) is 0 Å². The maximum atomic E-state index is 6.61. The molecule has 3 N–H and O–H groups in total. The normalized spacial score (nSPS) is 9.83. The topological polar surface area (TPSA) is 38.0 Å². The lowest BCUT2D eigenvalue weighted by Crippen LogP contribution is -2.45. The summed E-state index contributed by atoms with van der Waals surface area (Å²) in [6, 6.07) is 0. The highest BCUT2D eigenvalue weighted by atomic mass is 14.7. The summed E-state index contributed by atoms with van der Waals surface area (Å²) in [6.07, 6.45) is 0. The van der Waals surface area contributed by atoms with Gasteiger partial charge >= 0.3 is 0 Å². The van der Waals surface area contributed by atoms with Gasteiger partial charge in [0.15, 0.2) is 0 Å². The molecular weight excluding hydrogens is 71.3 g/mol. The van der Waals surface area contributed by atoms with Gasteiger partial charge in [-0.2, -0.15) is 0 Å². The molecule has 0 aromatic rings. The third-order valence-electron chi connectivity index (χ3n) is 0.289. The van der Waals surface area contributed by atoms with Crippen molar-refractivity contribution in [3.05, 3.63) is 0 Å². The van der Waals surface area contributed by atoms with Crippen molar-refractivity contribution >= 4 is 29.6 Å². The molecule has 0 atom stereocenters. The smallest absolute Gasteiger partial charge is 0.230 e. The van der Waals surface area contributed by atoms with Gasteiger partial charge in [-0.1, -0.05) is 0 Å². The van der Waals surface area contributed by atoms with Gasteiger partial charge in [-0.25, -0.2) is 0 Å². The van der Waals surface area contributed by atoms with Crippen molar-refractivity contribution in [3.8, 4) is 0 Å². The average Bonchev–Trinajstić information content (AvgIpc) is 1.27. The van der Waals surface area contributed by atoms with Crippen LogP contribution in [0.1, 0.15) is 0 Å². The number of nitrogens with two attached hydrogens (primary N) is 1. The predicted molar refractivity (Wildman–Crippen MR) is 31.7 cm³/mol. The van der Waals surface area contributed by atoms with Crippen LogP contribution in [0.25, 0.3) is 0 Å². The summed E-state index contributed by atoms with van der Waals surface area (Å²) in [5.41, 5.74) is 4.96. The molecule has 0 aromatic heterocycles. The molecule has 6 heteroatoms. The molecule has 0 heterocycles. The largest absolute Gasteiger partial charge is 0.401 e. The molecule has 0 aliphatic heterocycles. The molecule has 0 bridgehead atoms. The predicted octanol–water partition coefficient (Wildman–Crippen LogP) is -2.88. The fourth-order valence-electron chi connectivity index (χ4n) is 0.111. The van der Waals surface area contributed by atoms with Crippen molar-refractivity contribution in [1.82, 2.24) is 5.14 Å². The van der Waals surface area contributed by atoms with Gasteiger partial charge in [-0.3, -0.25) is 0 Å². The van der Waals surface area contributed by atoms with Crippen LogP contribution in [0.4, 0.5) is 0 Å². The van der Waals surface area contributed by atoms with Gasteiger partial charge in [-0.05, 0) is 1.34 Å². The maximum Gasteiger partial charge on any atom is 0.230 e. The van der Waals surface area contributed by atoms with Crippen molar-refractivity contribution in [2.45, 2.75) is 0 Å². The zero-order valence-corrected chi connectivity index (χ0v) is 3.39. The molecule has 4 radical (unpaired) electrons. The van der Waals surface area contributed by atoms with Crippen LogP contribution in [-0.4, -0.2) is 31.0 Å². The Morgan fingerprint density at radius 3 is 2.67 bits per heavy atom. The minimum atomic E-state index is -0.875. The standard InChI is InChI=1S/B4H4N2/c1-3-6-4(2)5/h3,6H,5H2/i3T. The summed E-state index contributed by atoms with van der Waals surface area (Å²) >= 11 is 0. The second-order valence-corrected chi connectivity index (χ2v) is 0.859. The molecule has 26 valence electrons. The molecule has 0 spiro atoms. The van der Waals surface area contributed by atoms with Crippen LogP contribution in [0.15, 0.2) is 0 Å². The fraction of sp³-hybridized carbons (Fsp3) is 0. The molecule has 0 rings (SSSR count). The molecule has 0 aliphatic carbocycles. The first-order valence-electron chi connectivity index (χ1n) is 2.15. The first-order valence-corrected chi connectivity index (χ1v) is 1.58. The van der Waals surface area contributed by atoms with Gasteiger partial charge in [0, 0.05) is 7.74 Å². The number of hydrogen-bond donors (Lipinski definition) is 2. The van der Waals surface area contributed by atoms with Crippen LogP contribution in [0.2, 0.25) is 0 Å². The van der Waals surface area contributed by atoms with E-state index >= 15 is 0 Å². The molecule has 0 saturated heterocycles. The van der Waals surface area contributed by atoms with Crippen molar-refractivity contribution in [2.75, 3.05) is 0 Å². The van der Waals surface area contributed by atoms with Crippen LogP contribution in [0.3, 0.4) is 0 Å². The first-order chi connectivity index (χ1) is 3.13. The molecule has 2 nitrogen and oxygen atoms in total. The van der Waals surface area contributed by atoms with Gasteiger partial charge in [0.05, 0.1) is 7.74 Å². The molecule has 0 saturated carbocycles. The molecule has 0 fully saturated rings. The van der Waals surface area contributed by atoms with Gasteiger partial charge in [0.25, 0.3) is 0 Å². The Balaban J connectivity index is 2.95. The van der Waals surface area contributed by atoms with Crippen LogP contribution < -0.4 is 10.8 Å². The second kappa shape index (κ2) is 3.37. The van der Waals surface area contributed by atoms with E-state index in [0.717, 1.165) is 0 Å². The molecule has 0 aromatic carbocycles. The Hall–Kier alpha value is 0.180. The number of hydrogen-bond acceptors (Lipinski definition) is 2. The molecule has 6 heavy (non-hydrogen) atoms. The van der Waals surface area contributed by atoms with E-state index in [-0.39, 0.29) is 0 Å². The van der Waals surface area contributed by atoms with Crippen molar-refractivity contribution in [1.29, 1.82) is 1.34 Å². The van der Waals surface area contributed by atoms with Gasteiger partial charge in [0.1, 0.15) is 7.27 Å². The number of rotatable bonds is 2. The molecular formula is H4B4N2. The minimum Gasteiger partial charge on any atom is -0.401 e. The van der Waals surface area contributed by atoms with Gasteiger partial charge < -0.3 is 10.8 Å². The lowest BCUT2D eigenvalue weighted by Gasteiger charge is -1.96. The minimum absolute atomic E-state index is 0.688. The Kier molecular flexibility index (Phi) is 2.44. The highest BCUT2D eigenvalue weighted by Gasteiger charge is 1.90. The highest BCUT2D eigenvalue weighted by Crippen LogP contribution is 1.39. The Morgan fingerprint density at radius 2 is 2.67 bits per heavy atom. The Labute approximate surface area is 42.8 Å². The average molecular weight is 77.3 g/mol. The van der Waals surface area contributed by atoms with Crippen molar-refractivity contribution in [2.24, 2.45) is 5.64 Å². The molecule has 0 amide bonds. The summed E-state index contributed by atoms with van der Waals surface area (Å²) in [5, 5.41) is 2.31. The van der Waals surface area contributed by atoms with E-state index in [1.807, 2.05) is 0 Å². The third kappa shape index (κ3) is 4.18. The SMILES string of the molecule is [3H]B([B])NB([B])N. The van der Waals surface area contributed by atoms with E-state index in [1.54, 1.807) is 0 Å². The van der Waals surface area contributed by atoms with Gasteiger partial charge in [-0.15, -0.1) is 0 Å². The lowest BCUT2D eigenvalue weighted by molar-refractivity contribution is 1.54. The van der Waals surface area contributed by atoms with E-state index in [0.29, 0.717) is 0 Å². The van der Waals surface area contributed by atoms with Crippen LogP contribution in [-0.2, 0) is 0 Å². The Morgan fingerprint density at radius 1 is 2.17 bits per heavy atom. The molecule has 0 aliphatic rings. The summed E-state index contributed by atoms with van der Waals surface area (Å²) < 4.78 is 6.61. The summed E-state index contributed by atoms with van der Waals surface area (Å²) in [4.78, 5) is 0. The summed E-state index contributed by atoms with van der Waals surface area (Å²) in [7, 11) is 8.97. The lowest BCUT2D eigenvalue weighted by atomic mass is 9.48. The monoisotopic (exact) mass is 78.1 g/mol. The fourth-order valence-corrected chi connectivity index (χ4v) is 0.111. The quantitative estimate of drug-likeness (QED) is 0.348. The van der Waals surface area contributed by atoms with E-state index in [1.165, 1.54) is 0 Å². The van der Waals surface area contributed by atoms with E-state index in [2.05, 4.69) is 5.14 Å². The van der Waals surface area contributed by atoms with Crippen LogP contribution in [0.5, 0.6) is 0 Å². The van der Waals surface area contributed by atoms with E-state index in [4.69, 9.17) is 22.5 Å². The highest BCUT2D eigenvalue weighted by molar-refractivity contribution is 7.06. The summed E-state index contributed by atoms with van der Waals surface area (Å²) in [5.74, 6) is 0. The number of nitrogens with one attached hydrogen (secondary N) is 1. The zero-order chi connectivity index (χ0) is 5.86. The second-order valence-electron chi connectivity index (χ2n) is 0.859. The Bertz CT molecular complexity index is 39.0.